The second kappa shape index (κ2) is 7.15. The van der Waals surface area contributed by atoms with E-state index in [9.17, 15) is 4.39 Å². The minimum atomic E-state index is -0.0959. The van der Waals surface area contributed by atoms with E-state index < -0.39 is 0 Å². The van der Waals surface area contributed by atoms with Crippen LogP contribution in [0.3, 0.4) is 0 Å². The molecule has 1 aromatic carbocycles. The van der Waals surface area contributed by atoms with E-state index in [4.69, 9.17) is 0 Å². The largest absolute Gasteiger partial charge is 0.313 e. The van der Waals surface area contributed by atoms with Gasteiger partial charge in [0.2, 0.25) is 0 Å². The van der Waals surface area contributed by atoms with Gasteiger partial charge < -0.3 is 5.32 Å². The van der Waals surface area contributed by atoms with Gasteiger partial charge in [-0.15, -0.1) is 11.8 Å². The van der Waals surface area contributed by atoms with Crippen LogP contribution in [0.1, 0.15) is 32.6 Å². The molecule has 1 fully saturated rings. The Balaban J connectivity index is 1.82. The van der Waals surface area contributed by atoms with Crippen LogP contribution in [-0.2, 0) is 0 Å². The van der Waals surface area contributed by atoms with Gasteiger partial charge in [0.15, 0.2) is 0 Å². The summed E-state index contributed by atoms with van der Waals surface area (Å²) in [5.74, 6) is 1.77. The summed E-state index contributed by atoms with van der Waals surface area (Å²) in [6, 6.07) is 7.57. The van der Waals surface area contributed by atoms with Crippen LogP contribution in [0.25, 0.3) is 0 Å². The number of hydrogen-bond donors (Lipinski definition) is 1. The number of halogens is 1. The molecule has 1 nitrogen and oxygen atoms in total. The average molecular weight is 267 g/mol. The van der Waals surface area contributed by atoms with E-state index >= 15 is 0 Å². The SMILES string of the molecule is CCNC(CSc1ccccc1F)CC1CCC1. The molecule has 0 aromatic heterocycles. The Kier molecular flexibility index (Phi) is 5.51. The first-order valence-electron chi connectivity index (χ1n) is 6.90. The highest BCUT2D eigenvalue weighted by Crippen LogP contribution is 2.32. The molecule has 0 spiro atoms. The first kappa shape index (κ1) is 13.9. The van der Waals surface area contributed by atoms with Gasteiger partial charge in [-0.2, -0.15) is 0 Å². The maximum absolute atomic E-state index is 13.5. The van der Waals surface area contributed by atoms with Crippen molar-refractivity contribution in [3.05, 3.63) is 30.1 Å². The van der Waals surface area contributed by atoms with E-state index in [0.29, 0.717) is 6.04 Å². The molecular weight excluding hydrogens is 245 g/mol. The minimum absolute atomic E-state index is 0.0959. The zero-order valence-electron chi connectivity index (χ0n) is 11.0. The van der Waals surface area contributed by atoms with Gasteiger partial charge in [0.1, 0.15) is 5.82 Å². The summed E-state index contributed by atoms with van der Waals surface area (Å²) in [7, 11) is 0. The highest BCUT2D eigenvalue weighted by atomic mass is 32.2. The van der Waals surface area contributed by atoms with Gasteiger partial charge in [-0.05, 0) is 31.0 Å². The monoisotopic (exact) mass is 267 g/mol. The summed E-state index contributed by atoms with van der Waals surface area (Å²) in [5.41, 5.74) is 0. The molecular formula is C15H22FNS. The van der Waals surface area contributed by atoms with Crippen molar-refractivity contribution in [2.24, 2.45) is 5.92 Å². The maximum Gasteiger partial charge on any atom is 0.136 e. The highest BCUT2D eigenvalue weighted by molar-refractivity contribution is 7.99. The lowest BCUT2D eigenvalue weighted by atomic mass is 9.81. The van der Waals surface area contributed by atoms with Gasteiger partial charge in [0.25, 0.3) is 0 Å². The van der Waals surface area contributed by atoms with Crippen molar-refractivity contribution in [1.29, 1.82) is 0 Å². The van der Waals surface area contributed by atoms with Crippen molar-refractivity contribution in [2.75, 3.05) is 12.3 Å². The Bertz CT molecular complexity index is 365. The molecule has 100 valence electrons. The Morgan fingerprint density at radius 1 is 1.39 bits per heavy atom. The fraction of sp³-hybridized carbons (Fsp3) is 0.600. The van der Waals surface area contributed by atoms with Gasteiger partial charge in [-0.1, -0.05) is 38.3 Å². The molecule has 0 amide bonds. The highest BCUT2D eigenvalue weighted by Gasteiger charge is 2.21. The van der Waals surface area contributed by atoms with Crippen LogP contribution in [0.5, 0.6) is 0 Å². The molecule has 2 rings (SSSR count). The molecule has 0 heterocycles. The summed E-state index contributed by atoms with van der Waals surface area (Å²) < 4.78 is 13.5. The zero-order valence-corrected chi connectivity index (χ0v) is 11.8. The second-order valence-corrected chi connectivity index (χ2v) is 6.09. The predicted octanol–water partition coefficient (Wildman–Crippen LogP) is 4.09. The lowest BCUT2D eigenvalue weighted by Gasteiger charge is -2.30. The van der Waals surface area contributed by atoms with Crippen molar-refractivity contribution in [1.82, 2.24) is 5.32 Å². The number of benzene rings is 1. The molecule has 1 aliphatic rings. The van der Waals surface area contributed by atoms with Crippen LogP contribution in [-0.4, -0.2) is 18.3 Å². The summed E-state index contributed by atoms with van der Waals surface area (Å²) in [6.45, 7) is 3.14. The molecule has 1 saturated carbocycles. The molecule has 1 aromatic rings. The van der Waals surface area contributed by atoms with Crippen LogP contribution in [0.15, 0.2) is 29.2 Å². The van der Waals surface area contributed by atoms with E-state index in [1.165, 1.54) is 31.7 Å². The molecule has 0 saturated heterocycles. The first-order chi connectivity index (χ1) is 8.79. The summed E-state index contributed by atoms with van der Waals surface area (Å²) in [6.07, 6.45) is 5.40. The quantitative estimate of drug-likeness (QED) is 0.747. The molecule has 0 radical (unpaired) electrons. The number of nitrogens with one attached hydrogen (secondary N) is 1. The van der Waals surface area contributed by atoms with Crippen molar-refractivity contribution >= 4 is 11.8 Å². The molecule has 3 heteroatoms. The summed E-state index contributed by atoms with van der Waals surface area (Å²) in [5, 5.41) is 3.53. The van der Waals surface area contributed by atoms with E-state index in [0.717, 1.165) is 23.1 Å². The number of rotatable bonds is 7. The zero-order chi connectivity index (χ0) is 12.8. The third kappa shape index (κ3) is 3.99. The van der Waals surface area contributed by atoms with E-state index in [1.807, 2.05) is 12.1 Å². The predicted molar refractivity (Wildman–Crippen MR) is 76.5 cm³/mol. The van der Waals surface area contributed by atoms with Crippen LogP contribution < -0.4 is 5.32 Å². The Morgan fingerprint density at radius 2 is 2.17 bits per heavy atom. The number of thioether (sulfide) groups is 1. The van der Waals surface area contributed by atoms with E-state index in [2.05, 4.69) is 12.2 Å². The number of hydrogen-bond acceptors (Lipinski definition) is 2. The topological polar surface area (TPSA) is 12.0 Å². The van der Waals surface area contributed by atoms with E-state index in [-0.39, 0.29) is 5.82 Å². The van der Waals surface area contributed by atoms with Gasteiger partial charge in [-0.3, -0.25) is 0 Å². The minimum Gasteiger partial charge on any atom is -0.313 e. The van der Waals surface area contributed by atoms with Crippen molar-refractivity contribution in [2.45, 2.75) is 43.5 Å². The van der Waals surface area contributed by atoms with Crippen LogP contribution in [0.4, 0.5) is 4.39 Å². The molecule has 18 heavy (non-hydrogen) atoms. The Morgan fingerprint density at radius 3 is 2.78 bits per heavy atom. The van der Waals surface area contributed by atoms with Crippen LogP contribution >= 0.6 is 11.8 Å². The fourth-order valence-corrected chi connectivity index (χ4v) is 3.40. The average Bonchev–Trinajstić information content (AvgIpc) is 2.32. The Hall–Kier alpha value is -0.540. The smallest absolute Gasteiger partial charge is 0.136 e. The van der Waals surface area contributed by atoms with Gasteiger partial charge >= 0.3 is 0 Å². The lowest BCUT2D eigenvalue weighted by Crippen LogP contribution is -2.34. The maximum atomic E-state index is 13.5. The second-order valence-electron chi connectivity index (χ2n) is 5.03. The molecule has 1 N–H and O–H groups in total. The molecule has 0 aliphatic heterocycles. The van der Waals surface area contributed by atoms with Gasteiger partial charge in [-0.25, -0.2) is 4.39 Å². The van der Waals surface area contributed by atoms with Crippen molar-refractivity contribution < 1.29 is 4.39 Å². The molecule has 1 unspecified atom stereocenters. The Labute approximate surface area is 114 Å². The van der Waals surface area contributed by atoms with Crippen molar-refractivity contribution in [3.8, 4) is 0 Å². The first-order valence-corrected chi connectivity index (χ1v) is 7.89. The van der Waals surface area contributed by atoms with Gasteiger partial charge in [0, 0.05) is 16.7 Å². The standard InChI is InChI=1S/C15H22FNS/c1-2-17-13(10-12-6-5-7-12)11-18-15-9-4-3-8-14(15)16/h3-4,8-9,12-13,17H,2,5-7,10-11H2,1H3. The van der Waals surface area contributed by atoms with E-state index in [1.54, 1.807) is 17.8 Å². The normalized spacial score (nSPS) is 17.4. The summed E-state index contributed by atoms with van der Waals surface area (Å²) in [4.78, 5) is 0.772. The van der Waals surface area contributed by atoms with Crippen molar-refractivity contribution in [3.63, 3.8) is 0 Å². The van der Waals surface area contributed by atoms with Gasteiger partial charge in [0.05, 0.1) is 0 Å². The molecule has 1 atom stereocenters. The van der Waals surface area contributed by atoms with Crippen LogP contribution in [0.2, 0.25) is 0 Å². The third-order valence-electron chi connectivity index (χ3n) is 3.61. The molecule has 0 bridgehead atoms. The summed E-state index contributed by atoms with van der Waals surface area (Å²) >= 11 is 1.63. The van der Waals surface area contributed by atoms with Crippen LogP contribution in [0, 0.1) is 11.7 Å². The third-order valence-corrected chi connectivity index (χ3v) is 4.82. The fourth-order valence-electron chi connectivity index (χ4n) is 2.38. The molecule has 1 aliphatic carbocycles. The lowest BCUT2D eigenvalue weighted by molar-refractivity contribution is 0.269.